The van der Waals surface area contributed by atoms with Crippen LogP contribution in [-0.2, 0) is 20.5 Å². The minimum atomic E-state index is -3.53. The molecule has 0 atom stereocenters. The third kappa shape index (κ3) is 5.32. The summed E-state index contributed by atoms with van der Waals surface area (Å²) in [5.74, 6) is -0.229. The van der Waals surface area contributed by atoms with Crippen molar-refractivity contribution in [3.05, 3.63) is 29.8 Å². The second-order valence-corrected chi connectivity index (χ2v) is 4.96. The fourth-order valence-electron chi connectivity index (χ4n) is 1.20. The Balaban J connectivity index is 2.65. The SMILES string of the molecule is CCOC(=O)Nc1ccc(CS(N)(=O)=O)cc1. The second-order valence-electron chi connectivity index (χ2n) is 3.35. The number of rotatable bonds is 4. The van der Waals surface area contributed by atoms with Gasteiger partial charge in [-0.3, -0.25) is 5.32 Å². The lowest BCUT2D eigenvalue weighted by molar-refractivity contribution is 0.168. The van der Waals surface area contributed by atoms with E-state index in [1.165, 1.54) is 0 Å². The molecule has 6 nitrogen and oxygen atoms in total. The molecule has 0 saturated heterocycles. The molecule has 1 aromatic rings. The predicted octanol–water partition coefficient (Wildman–Crippen LogP) is 1.04. The van der Waals surface area contributed by atoms with Crippen LogP contribution in [0.25, 0.3) is 0 Å². The van der Waals surface area contributed by atoms with Gasteiger partial charge in [0.05, 0.1) is 12.4 Å². The lowest BCUT2D eigenvalue weighted by Crippen LogP contribution is -2.15. The maximum absolute atomic E-state index is 11.1. The quantitative estimate of drug-likeness (QED) is 0.843. The number of anilines is 1. The summed E-state index contributed by atoms with van der Waals surface area (Å²) in [6.07, 6.45) is -0.549. The van der Waals surface area contributed by atoms with Gasteiger partial charge in [0.25, 0.3) is 0 Å². The van der Waals surface area contributed by atoms with Crippen LogP contribution in [0.1, 0.15) is 12.5 Å². The number of hydrogen-bond acceptors (Lipinski definition) is 4. The highest BCUT2D eigenvalue weighted by atomic mass is 32.2. The fraction of sp³-hybridized carbons (Fsp3) is 0.300. The molecule has 0 aliphatic rings. The number of nitrogens with one attached hydrogen (secondary N) is 1. The number of nitrogens with two attached hydrogens (primary N) is 1. The monoisotopic (exact) mass is 258 g/mol. The van der Waals surface area contributed by atoms with Crippen molar-refractivity contribution >= 4 is 21.8 Å². The number of carbonyl (C=O) groups is 1. The molecule has 0 fully saturated rings. The first-order valence-electron chi connectivity index (χ1n) is 4.94. The van der Waals surface area contributed by atoms with Crippen LogP contribution >= 0.6 is 0 Å². The standard InChI is InChI=1S/C10H14N2O4S/c1-2-16-10(13)12-9-5-3-8(4-6-9)7-17(11,14)15/h3-6H,2,7H2,1H3,(H,12,13)(H2,11,14,15). The van der Waals surface area contributed by atoms with E-state index in [1.807, 2.05) is 0 Å². The molecule has 0 aromatic heterocycles. The number of ether oxygens (including phenoxy) is 1. The summed E-state index contributed by atoms with van der Waals surface area (Å²) < 4.78 is 26.4. The van der Waals surface area contributed by atoms with E-state index in [-0.39, 0.29) is 12.4 Å². The molecule has 7 heteroatoms. The third-order valence-electron chi connectivity index (χ3n) is 1.84. The highest BCUT2D eigenvalue weighted by Crippen LogP contribution is 2.11. The van der Waals surface area contributed by atoms with E-state index < -0.39 is 16.1 Å². The summed E-state index contributed by atoms with van der Waals surface area (Å²) in [6, 6.07) is 6.31. The van der Waals surface area contributed by atoms with Gasteiger partial charge in [0.1, 0.15) is 0 Å². The highest BCUT2D eigenvalue weighted by Gasteiger charge is 2.06. The number of hydrogen-bond donors (Lipinski definition) is 2. The van der Waals surface area contributed by atoms with Crippen LogP contribution < -0.4 is 10.5 Å². The van der Waals surface area contributed by atoms with E-state index >= 15 is 0 Å². The van der Waals surface area contributed by atoms with Gasteiger partial charge in [0, 0.05) is 5.69 Å². The van der Waals surface area contributed by atoms with Gasteiger partial charge >= 0.3 is 6.09 Å². The third-order valence-corrected chi connectivity index (χ3v) is 2.58. The number of benzene rings is 1. The summed E-state index contributed by atoms with van der Waals surface area (Å²) in [4.78, 5) is 11.1. The molecule has 0 radical (unpaired) electrons. The van der Waals surface area contributed by atoms with Gasteiger partial charge in [-0.05, 0) is 24.6 Å². The molecular formula is C10H14N2O4S. The second kappa shape index (κ2) is 5.65. The molecule has 0 spiro atoms. The summed E-state index contributed by atoms with van der Waals surface area (Å²) in [5.41, 5.74) is 1.09. The lowest BCUT2D eigenvalue weighted by atomic mass is 10.2. The van der Waals surface area contributed by atoms with Crippen molar-refractivity contribution in [1.29, 1.82) is 0 Å². The summed E-state index contributed by atoms with van der Waals surface area (Å²) >= 11 is 0. The summed E-state index contributed by atoms with van der Waals surface area (Å²) in [5, 5.41) is 7.40. The van der Waals surface area contributed by atoms with E-state index in [0.29, 0.717) is 11.3 Å². The molecule has 1 rings (SSSR count). The lowest BCUT2D eigenvalue weighted by Gasteiger charge is -2.05. The van der Waals surface area contributed by atoms with Gasteiger partial charge in [0.2, 0.25) is 10.0 Å². The molecule has 0 heterocycles. The molecule has 94 valence electrons. The van der Waals surface area contributed by atoms with E-state index in [2.05, 4.69) is 5.32 Å². The van der Waals surface area contributed by atoms with Crippen molar-refractivity contribution in [2.45, 2.75) is 12.7 Å². The maximum Gasteiger partial charge on any atom is 0.411 e. The van der Waals surface area contributed by atoms with E-state index in [0.717, 1.165) is 0 Å². The van der Waals surface area contributed by atoms with Crippen LogP contribution in [0.2, 0.25) is 0 Å². The number of amides is 1. The zero-order valence-corrected chi connectivity index (χ0v) is 10.2. The smallest absolute Gasteiger partial charge is 0.411 e. The zero-order chi connectivity index (χ0) is 12.9. The topological polar surface area (TPSA) is 98.5 Å². The molecule has 17 heavy (non-hydrogen) atoms. The van der Waals surface area contributed by atoms with Crippen LogP contribution in [0.3, 0.4) is 0 Å². The molecule has 0 unspecified atom stereocenters. The van der Waals surface area contributed by atoms with Crippen molar-refractivity contribution in [3.8, 4) is 0 Å². The average Bonchev–Trinajstić information content (AvgIpc) is 2.19. The van der Waals surface area contributed by atoms with E-state index in [9.17, 15) is 13.2 Å². The van der Waals surface area contributed by atoms with Crippen LogP contribution in [0.5, 0.6) is 0 Å². The molecular weight excluding hydrogens is 244 g/mol. The molecule has 0 saturated carbocycles. The predicted molar refractivity (Wildman–Crippen MR) is 63.9 cm³/mol. The van der Waals surface area contributed by atoms with Crippen molar-refractivity contribution in [2.24, 2.45) is 5.14 Å². The van der Waals surface area contributed by atoms with E-state index in [4.69, 9.17) is 9.88 Å². The van der Waals surface area contributed by atoms with Crippen molar-refractivity contribution < 1.29 is 17.9 Å². The van der Waals surface area contributed by atoms with Crippen molar-refractivity contribution in [3.63, 3.8) is 0 Å². The highest BCUT2D eigenvalue weighted by molar-refractivity contribution is 7.88. The van der Waals surface area contributed by atoms with Crippen molar-refractivity contribution in [2.75, 3.05) is 11.9 Å². The van der Waals surface area contributed by atoms with Crippen LogP contribution in [-0.4, -0.2) is 21.1 Å². The summed E-state index contributed by atoms with van der Waals surface area (Å²) in [7, 11) is -3.53. The Hall–Kier alpha value is -1.60. The first-order chi connectivity index (χ1) is 7.90. The minimum Gasteiger partial charge on any atom is -0.450 e. The van der Waals surface area contributed by atoms with E-state index in [1.54, 1.807) is 31.2 Å². The summed E-state index contributed by atoms with van der Waals surface area (Å²) in [6.45, 7) is 1.99. The first-order valence-corrected chi connectivity index (χ1v) is 6.65. The number of sulfonamides is 1. The maximum atomic E-state index is 11.1. The van der Waals surface area contributed by atoms with Gasteiger partial charge in [-0.1, -0.05) is 12.1 Å². The Morgan fingerprint density at radius 1 is 1.35 bits per heavy atom. The Kier molecular flexibility index (Phi) is 4.47. The Morgan fingerprint density at radius 3 is 2.41 bits per heavy atom. The van der Waals surface area contributed by atoms with Gasteiger partial charge in [-0.15, -0.1) is 0 Å². The molecule has 0 aliphatic carbocycles. The molecule has 3 N–H and O–H groups in total. The zero-order valence-electron chi connectivity index (χ0n) is 9.34. The molecule has 1 amide bonds. The van der Waals surface area contributed by atoms with Crippen molar-refractivity contribution in [1.82, 2.24) is 0 Å². The Labute approximate surface area is 99.8 Å². The average molecular weight is 258 g/mol. The molecule has 0 aliphatic heterocycles. The Morgan fingerprint density at radius 2 is 1.94 bits per heavy atom. The van der Waals surface area contributed by atoms with Crippen LogP contribution in [0.4, 0.5) is 10.5 Å². The molecule has 1 aromatic carbocycles. The van der Waals surface area contributed by atoms with Gasteiger partial charge < -0.3 is 4.74 Å². The van der Waals surface area contributed by atoms with Gasteiger partial charge in [0.15, 0.2) is 0 Å². The normalized spacial score (nSPS) is 10.9. The first kappa shape index (κ1) is 13.5. The fourth-order valence-corrected chi connectivity index (χ4v) is 1.86. The van der Waals surface area contributed by atoms with Crippen LogP contribution in [0.15, 0.2) is 24.3 Å². The number of carbonyl (C=O) groups excluding carboxylic acids is 1. The largest absolute Gasteiger partial charge is 0.450 e. The van der Waals surface area contributed by atoms with Gasteiger partial charge in [-0.2, -0.15) is 0 Å². The van der Waals surface area contributed by atoms with Crippen LogP contribution in [0, 0.1) is 0 Å². The number of primary sulfonamides is 1. The Bertz CT molecular complexity index is 482. The minimum absolute atomic E-state index is 0.229. The van der Waals surface area contributed by atoms with Gasteiger partial charge in [-0.25, -0.2) is 18.4 Å². The molecule has 0 bridgehead atoms.